The molecule has 0 saturated carbocycles. The van der Waals surface area contributed by atoms with E-state index in [1.54, 1.807) is 0 Å². The number of aromatic hydroxyl groups is 2. The van der Waals surface area contributed by atoms with Crippen molar-refractivity contribution in [2.24, 2.45) is 0 Å². The van der Waals surface area contributed by atoms with Gasteiger partial charge in [-0.2, -0.15) is 0 Å². The van der Waals surface area contributed by atoms with E-state index in [-0.39, 0.29) is 59.7 Å². The molecule has 6 heteroatoms. The number of phenolic OH excluding ortho intramolecular Hbond substituents is 2. The third kappa shape index (κ3) is 13.0. The lowest BCUT2D eigenvalue weighted by Gasteiger charge is -2.28. The lowest BCUT2D eigenvalue weighted by Crippen LogP contribution is -2.18. The van der Waals surface area contributed by atoms with Gasteiger partial charge in [-0.1, -0.05) is 134 Å². The first kappa shape index (κ1) is 41.0. The number of unbranched alkanes of at least 4 members (excludes halogenated alkanes) is 1. The average molecular weight is 641 g/mol. The van der Waals surface area contributed by atoms with Crippen LogP contribution in [-0.4, -0.2) is 35.4 Å². The van der Waals surface area contributed by atoms with E-state index in [2.05, 4.69) is 96.9 Å². The highest BCUT2D eigenvalue weighted by Gasteiger charge is 2.28. The highest BCUT2D eigenvalue weighted by Crippen LogP contribution is 2.41. The van der Waals surface area contributed by atoms with E-state index < -0.39 is 0 Å². The Bertz CT molecular complexity index is 1120. The van der Waals surface area contributed by atoms with Gasteiger partial charge in [-0.05, 0) is 67.9 Å². The predicted octanol–water partition coefficient (Wildman–Crippen LogP) is 9.75. The fourth-order valence-electron chi connectivity index (χ4n) is 4.91. The van der Waals surface area contributed by atoms with E-state index in [9.17, 15) is 19.8 Å². The second-order valence-corrected chi connectivity index (χ2v) is 16.5. The van der Waals surface area contributed by atoms with Crippen LogP contribution in [0.25, 0.3) is 0 Å². The Hall–Kier alpha value is -3.02. The quantitative estimate of drug-likeness (QED) is 0.198. The predicted molar refractivity (Wildman–Crippen MR) is 190 cm³/mol. The molecule has 0 radical (unpaired) electrons. The molecule has 6 nitrogen and oxygen atoms in total. The maximum absolute atomic E-state index is 12.4. The number of hydrogen-bond donors (Lipinski definition) is 2. The van der Waals surface area contributed by atoms with E-state index in [0.29, 0.717) is 24.3 Å². The summed E-state index contributed by atoms with van der Waals surface area (Å²) in [6, 6.07) is 7.90. The van der Waals surface area contributed by atoms with Crippen molar-refractivity contribution < 1.29 is 29.3 Å². The lowest BCUT2D eigenvalue weighted by atomic mass is 9.78. The highest BCUT2D eigenvalue weighted by molar-refractivity contribution is 5.71. The van der Waals surface area contributed by atoms with Crippen LogP contribution in [0.1, 0.15) is 156 Å². The van der Waals surface area contributed by atoms with Crippen molar-refractivity contribution in [2.75, 3.05) is 13.2 Å². The Balaban J connectivity index is 0.00000249. The molecule has 0 spiro atoms. The first-order valence-corrected chi connectivity index (χ1v) is 17.0. The summed E-state index contributed by atoms with van der Waals surface area (Å²) in [5.74, 6) is -0.0832. The van der Waals surface area contributed by atoms with Crippen LogP contribution in [-0.2, 0) is 53.6 Å². The summed E-state index contributed by atoms with van der Waals surface area (Å²) in [6.07, 6.45) is 4.01. The number of rotatable bonds is 10. The van der Waals surface area contributed by atoms with Gasteiger partial charge in [-0.25, -0.2) is 0 Å². The molecular formula is C40H64O6. The zero-order valence-electron chi connectivity index (χ0n) is 31.5. The van der Waals surface area contributed by atoms with Crippen LogP contribution in [0, 0.1) is 0 Å². The van der Waals surface area contributed by atoms with E-state index in [0.717, 1.165) is 33.4 Å². The molecule has 0 unspecified atom stereocenters. The fourth-order valence-corrected chi connectivity index (χ4v) is 4.91. The van der Waals surface area contributed by atoms with Crippen molar-refractivity contribution in [3.8, 4) is 11.5 Å². The van der Waals surface area contributed by atoms with Gasteiger partial charge >= 0.3 is 11.9 Å². The Morgan fingerprint density at radius 1 is 0.522 bits per heavy atom. The van der Waals surface area contributed by atoms with Gasteiger partial charge in [0, 0.05) is 12.8 Å². The van der Waals surface area contributed by atoms with Crippen LogP contribution in [0.5, 0.6) is 11.5 Å². The van der Waals surface area contributed by atoms with Crippen LogP contribution in [0.2, 0.25) is 0 Å². The molecular weight excluding hydrogens is 576 g/mol. The van der Waals surface area contributed by atoms with Crippen molar-refractivity contribution >= 4 is 11.9 Å². The average Bonchev–Trinajstić information content (AvgIpc) is 2.91. The molecule has 0 bridgehead atoms. The smallest absolute Gasteiger partial charge is 0.306 e. The van der Waals surface area contributed by atoms with Gasteiger partial charge in [0.25, 0.3) is 0 Å². The van der Waals surface area contributed by atoms with E-state index in [4.69, 9.17) is 9.47 Å². The molecule has 0 saturated heterocycles. The zero-order chi connectivity index (χ0) is 35.7. The summed E-state index contributed by atoms with van der Waals surface area (Å²) in [5, 5.41) is 21.8. The third-order valence-corrected chi connectivity index (χ3v) is 7.92. The first-order valence-electron chi connectivity index (χ1n) is 17.0. The highest BCUT2D eigenvalue weighted by atomic mass is 16.6. The van der Waals surface area contributed by atoms with Crippen LogP contribution in [0.4, 0.5) is 0 Å². The minimum atomic E-state index is -0.359. The number of benzene rings is 2. The largest absolute Gasteiger partial charge is 0.507 e. The number of aryl methyl sites for hydroxylation is 2. The van der Waals surface area contributed by atoms with E-state index in [1.807, 2.05) is 24.3 Å². The van der Waals surface area contributed by atoms with Gasteiger partial charge in [-0.15, -0.1) is 0 Å². The van der Waals surface area contributed by atoms with Crippen LogP contribution >= 0.6 is 0 Å². The zero-order valence-corrected chi connectivity index (χ0v) is 31.5. The number of phenols is 2. The Morgan fingerprint density at radius 3 is 0.957 bits per heavy atom. The summed E-state index contributed by atoms with van der Waals surface area (Å²) in [5.41, 5.74) is 4.45. The van der Waals surface area contributed by atoms with Gasteiger partial charge < -0.3 is 19.7 Å². The normalized spacial score (nSPS) is 12.3. The van der Waals surface area contributed by atoms with Gasteiger partial charge in [0.2, 0.25) is 0 Å². The van der Waals surface area contributed by atoms with Gasteiger partial charge in [0.15, 0.2) is 0 Å². The second kappa shape index (κ2) is 16.7. The molecule has 0 aliphatic carbocycles. The molecule has 2 aromatic carbocycles. The summed E-state index contributed by atoms with van der Waals surface area (Å²) in [7, 11) is 0. The van der Waals surface area contributed by atoms with Crippen LogP contribution < -0.4 is 0 Å². The molecule has 0 aliphatic heterocycles. The summed E-state index contributed by atoms with van der Waals surface area (Å²) < 4.78 is 10.6. The first-order chi connectivity index (χ1) is 20.9. The Kier molecular flexibility index (Phi) is 14.9. The topological polar surface area (TPSA) is 93.1 Å². The molecule has 0 amide bonds. The molecule has 0 aromatic heterocycles. The second-order valence-electron chi connectivity index (χ2n) is 16.5. The van der Waals surface area contributed by atoms with Gasteiger partial charge in [0.1, 0.15) is 24.7 Å². The number of esters is 2. The van der Waals surface area contributed by atoms with Gasteiger partial charge in [-0.3, -0.25) is 9.59 Å². The number of ether oxygens (including phenoxy) is 2. The molecule has 0 heterocycles. The molecule has 0 fully saturated rings. The Morgan fingerprint density at radius 2 is 0.761 bits per heavy atom. The maximum Gasteiger partial charge on any atom is 0.306 e. The maximum atomic E-state index is 12.4. The van der Waals surface area contributed by atoms with Crippen molar-refractivity contribution in [3.63, 3.8) is 0 Å². The molecule has 2 aromatic rings. The SMILES string of the molecule is CC(C)(C)c1cc(CCC(=O)OCCOC(=O)CCc2cc(C(C)(C)C)c(O)c(C(C)(C)C)c2)cc(C(C)(C)C)c1O.CCCC. The van der Waals surface area contributed by atoms with Crippen LogP contribution in [0.15, 0.2) is 24.3 Å². The van der Waals surface area contributed by atoms with Crippen molar-refractivity contribution in [1.82, 2.24) is 0 Å². The lowest BCUT2D eigenvalue weighted by molar-refractivity contribution is -0.152. The minimum Gasteiger partial charge on any atom is -0.507 e. The van der Waals surface area contributed by atoms with Gasteiger partial charge in [0.05, 0.1) is 0 Å². The molecule has 46 heavy (non-hydrogen) atoms. The van der Waals surface area contributed by atoms with E-state index in [1.165, 1.54) is 12.8 Å². The van der Waals surface area contributed by atoms with Crippen molar-refractivity contribution in [3.05, 3.63) is 57.6 Å². The molecule has 2 rings (SSSR count). The van der Waals surface area contributed by atoms with Crippen molar-refractivity contribution in [1.29, 1.82) is 0 Å². The molecule has 260 valence electrons. The summed E-state index contributed by atoms with van der Waals surface area (Å²) in [4.78, 5) is 24.8. The molecule has 2 N–H and O–H groups in total. The number of carbonyl (C=O) groups excluding carboxylic acids is 2. The third-order valence-electron chi connectivity index (χ3n) is 7.92. The number of hydrogen-bond acceptors (Lipinski definition) is 6. The molecule has 0 atom stereocenters. The van der Waals surface area contributed by atoms with E-state index >= 15 is 0 Å². The number of carbonyl (C=O) groups is 2. The summed E-state index contributed by atoms with van der Waals surface area (Å²) in [6.45, 7) is 29.1. The molecule has 0 aliphatic rings. The monoisotopic (exact) mass is 640 g/mol. The summed E-state index contributed by atoms with van der Waals surface area (Å²) >= 11 is 0. The Labute approximate surface area is 280 Å². The van der Waals surface area contributed by atoms with Crippen LogP contribution in [0.3, 0.4) is 0 Å². The minimum absolute atomic E-state index is 0.00217. The van der Waals surface area contributed by atoms with Crippen molar-refractivity contribution in [2.45, 2.75) is 157 Å². The standard InChI is InChI=1S/C36H54O6.C4H10/c1-33(2,3)25-19-23(20-26(31(25)39)34(4,5)6)13-15-29(37)41-17-18-42-30(38)16-14-24-21-27(35(7,8)9)32(40)28(22-24)36(10,11)12;1-3-4-2/h19-22,39-40H,13-18H2,1-12H3;3-4H2,1-2H3. The fraction of sp³-hybridized carbons (Fsp3) is 0.650.